The second-order valence-electron chi connectivity index (χ2n) is 4.58. The number of morpholine rings is 1. The number of anilines is 2. The lowest BCUT2D eigenvalue weighted by molar-refractivity contribution is 0.122. The maximum absolute atomic E-state index is 13.3. The molecule has 0 aliphatic carbocycles. The normalized spacial score (nSPS) is 15.3. The van der Waals surface area contributed by atoms with Crippen molar-refractivity contribution in [3.8, 4) is 11.1 Å². The fourth-order valence-electron chi connectivity index (χ4n) is 2.18. The van der Waals surface area contributed by atoms with Gasteiger partial charge in [0.15, 0.2) is 0 Å². The number of nitrogens with two attached hydrogens (primary N) is 1. The lowest BCUT2D eigenvalue weighted by Gasteiger charge is -2.26. The third-order valence-electron chi connectivity index (χ3n) is 3.24. The van der Waals surface area contributed by atoms with Crippen LogP contribution < -0.4 is 10.6 Å². The number of ether oxygens (including phenoxy) is 1. The van der Waals surface area contributed by atoms with Crippen LogP contribution in [0.2, 0.25) is 0 Å². The molecule has 1 aromatic heterocycles. The summed E-state index contributed by atoms with van der Waals surface area (Å²) in [7, 11) is 0. The Bertz CT molecular complexity index is 614. The van der Waals surface area contributed by atoms with Gasteiger partial charge < -0.3 is 15.4 Å². The minimum Gasteiger partial charge on any atom is -0.383 e. The Morgan fingerprint density at radius 2 is 2.05 bits per heavy atom. The molecule has 0 bridgehead atoms. The molecule has 6 heteroatoms. The van der Waals surface area contributed by atoms with E-state index in [0.717, 1.165) is 13.1 Å². The van der Waals surface area contributed by atoms with Gasteiger partial charge >= 0.3 is 0 Å². The molecule has 3 rings (SSSR count). The lowest BCUT2D eigenvalue weighted by atomic mass is 10.1. The molecular formula is C14H15FN4O. The Kier molecular flexibility index (Phi) is 3.47. The van der Waals surface area contributed by atoms with Gasteiger partial charge in [0.25, 0.3) is 0 Å². The van der Waals surface area contributed by atoms with Gasteiger partial charge in [-0.3, -0.25) is 0 Å². The number of aromatic nitrogens is 2. The van der Waals surface area contributed by atoms with E-state index in [-0.39, 0.29) is 5.82 Å². The van der Waals surface area contributed by atoms with Crippen LogP contribution in [-0.2, 0) is 4.74 Å². The Hall–Kier alpha value is -2.21. The number of benzene rings is 1. The number of hydrogen-bond donors (Lipinski definition) is 1. The molecule has 5 nitrogen and oxygen atoms in total. The average molecular weight is 274 g/mol. The maximum atomic E-state index is 13.3. The molecule has 104 valence electrons. The first kappa shape index (κ1) is 12.8. The van der Waals surface area contributed by atoms with Gasteiger partial charge in [0.05, 0.1) is 13.2 Å². The van der Waals surface area contributed by atoms with Crippen LogP contribution in [0.4, 0.5) is 16.2 Å². The van der Waals surface area contributed by atoms with Crippen molar-refractivity contribution in [2.24, 2.45) is 0 Å². The molecule has 2 heterocycles. The minimum atomic E-state index is -0.306. The lowest BCUT2D eigenvalue weighted by Crippen LogP contribution is -2.37. The summed E-state index contributed by atoms with van der Waals surface area (Å²) < 4.78 is 18.5. The van der Waals surface area contributed by atoms with Crippen molar-refractivity contribution < 1.29 is 9.13 Å². The molecule has 0 unspecified atom stereocenters. The molecule has 1 fully saturated rings. The monoisotopic (exact) mass is 274 g/mol. The van der Waals surface area contributed by atoms with Crippen LogP contribution in [0.15, 0.2) is 30.5 Å². The first-order chi connectivity index (χ1) is 9.74. The predicted molar refractivity (Wildman–Crippen MR) is 74.9 cm³/mol. The number of hydrogen-bond acceptors (Lipinski definition) is 5. The third-order valence-corrected chi connectivity index (χ3v) is 3.24. The standard InChI is InChI=1S/C14H15FN4O/c15-11-3-1-2-10(8-11)12-9-17-14(18-13(12)16)19-4-6-20-7-5-19/h1-3,8-9H,4-7H2,(H2,16,17,18). The predicted octanol–water partition coefficient (Wildman–Crippen LogP) is 1.70. The van der Waals surface area contributed by atoms with Gasteiger partial charge in [0, 0.05) is 24.8 Å². The second-order valence-corrected chi connectivity index (χ2v) is 4.58. The summed E-state index contributed by atoms with van der Waals surface area (Å²) in [6.45, 7) is 2.82. The van der Waals surface area contributed by atoms with Gasteiger partial charge in [-0.2, -0.15) is 4.98 Å². The molecule has 1 aromatic carbocycles. The van der Waals surface area contributed by atoms with E-state index in [0.29, 0.717) is 36.1 Å². The number of halogens is 1. The van der Waals surface area contributed by atoms with Gasteiger partial charge in [-0.05, 0) is 17.7 Å². The Morgan fingerprint density at radius 3 is 2.75 bits per heavy atom. The van der Waals surface area contributed by atoms with Crippen molar-refractivity contribution in [3.63, 3.8) is 0 Å². The van der Waals surface area contributed by atoms with E-state index in [1.807, 2.05) is 4.90 Å². The van der Waals surface area contributed by atoms with E-state index in [1.54, 1.807) is 18.3 Å². The summed E-state index contributed by atoms with van der Waals surface area (Å²) in [5, 5.41) is 0. The fraction of sp³-hybridized carbons (Fsp3) is 0.286. The Morgan fingerprint density at radius 1 is 1.25 bits per heavy atom. The van der Waals surface area contributed by atoms with Crippen molar-refractivity contribution in [1.82, 2.24) is 9.97 Å². The quantitative estimate of drug-likeness (QED) is 0.903. The van der Waals surface area contributed by atoms with Crippen molar-refractivity contribution in [2.45, 2.75) is 0 Å². The van der Waals surface area contributed by atoms with Gasteiger partial charge in [-0.15, -0.1) is 0 Å². The average Bonchev–Trinajstić information content (AvgIpc) is 2.48. The summed E-state index contributed by atoms with van der Waals surface area (Å²) in [6, 6.07) is 6.23. The van der Waals surface area contributed by atoms with Gasteiger partial charge in [-0.1, -0.05) is 12.1 Å². The molecule has 1 aliphatic heterocycles. The number of rotatable bonds is 2. The van der Waals surface area contributed by atoms with Gasteiger partial charge in [0.2, 0.25) is 5.95 Å². The highest BCUT2D eigenvalue weighted by molar-refractivity contribution is 5.73. The van der Waals surface area contributed by atoms with Crippen molar-refractivity contribution in [2.75, 3.05) is 36.9 Å². The van der Waals surface area contributed by atoms with E-state index in [1.165, 1.54) is 12.1 Å². The highest BCUT2D eigenvalue weighted by atomic mass is 19.1. The molecule has 1 saturated heterocycles. The molecule has 20 heavy (non-hydrogen) atoms. The molecule has 1 aliphatic rings. The van der Waals surface area contributed by atoms with Crippen molar-refractivity contribution in [1.29, 1.82) is 0 Å². The van der Waals surface area contributed by atoms with Crippen LogP contribution in [0.25, 0.3) is 11.1 Å². The largest absolute Gasteiger partial charge is 0.383 e. The summed E-state index contributed by atoms with van der Waals surface area (Å²) >= 11 is 0. The fourth-order valence-corrected chi connectivity index (χ4v) is 2.18. The zero-order chi connectivity index (χ0) is 13.9. The van der Waals surface area contributed by atoms with E-state index in [4.69, 9.17) is 10.5 Å². The van der Waals surface area contributed by atoms with E-state index in [2.05, 4.69) is 9.97 Å². The Labute approximate surface area is 116 Å². The van der Waals surface area contributed by atoms with Gasteiger partial charge in [-0.25, -0.2) is 9.37 Å². The van der Waals surface area contributed by atoms with Crippen LogP contribution in [0.3, 0.4) is 0 Å². The molecular weight excluding hydrogens is 259 g/mol. The first-order valence-electron chi connectivity index (χ1n) is 6.45. The van der Waals surface area contributed by atoms with E-state index >= 15 is 0 Å². The number of nitrogens with zero attached hydrogens (tertiary/aromatic N) is 3. The van der Waals surface area contributed by atoms with Crippen LogP contribution in [0, 0.1) is 5.82 Å². The van der Waals surface area contributed by atoms with Crippen molar-refractivity contribution in [3.05, 3.63) is 36.3 Å². The van der Waals surface area contributed by atoms with Crippen LogP contribution in [-0.4, -0.2) is 36.3 Å². The number of nitrogen functional groups attached to an aromatic ring is 1. The van der Waals surface area contributed by atoms with Crippen LogP contribution >= 0.6 is 0 Å². The molecule has 0 saturated carbocycles. The van der Waals surface area contributed by atoms with Crippen LogP contribution in [0.1, 0.15) is 0 Å². The van der Waals surface area contributed by atoms with Crippen molar-refractivity contribution >= 4 is 11.8 Å². The molecule has 0 atom stereocenters. The highest BCUT2D eigenvalue weighted by Crippen LogP contribution is 2.25. The first-order valence-corrected chi connectivity index (χ1v) is 6.45. The molecule has 0 spiro atoms. The van der Waals surface area contributed by atoms with Crippen LogP contribution in [0.5, 0.6) is 0 Å². The second kappa shape index (κ2) is 5.42. The Balaban J connectivity index is 1.91. The smallest absolute Gasteiger partial charge is 0.227 e. The topological polar surface area (TPSA) is 64.3 Å². The maximum Gasteiger partial charge on any atom is 0.227 e. The molecule has 0 amide bonds. The zero-order valence-corrected chi connectivity index (χ0v) is 10.9. The van der Waals surface area contributed by atoms with Gasteiger partial charge in [0.1, 0.15) is 11.6 Å². The summed E-state index contributed by atoms with van der Waals surface area (Å²) in [5.74, 6) is 0.636. The molecule has 2 aromatic rings. The highest BCUT2D eigenvalue weighted by Gasteiger charge is 2.15. The molecule has 2 N–H and O–H groups in total. The minimum absolute atomic E-state index is 0.306. The summed E-state index contributed by atoms with van der Waals surface area (Å²) in [4.78, 5) is 10.7. The zero-order valence-electron chi connectivity index (χ0n) is 10.9. The third kappa shape index (κ3) is 2.55. The SMILES string of the molecule is Nc1nc(N2CCOCC2)ncc1-c1cccc(F)c1. The van der Waals surface area contributed by atoms with E-state index in [9.17, 15) is 4.39 Å². The van der Waals surface area contributed by atoms with E-state index < -0.39 is 0 Å². The molecule has 0 radical (unpaired) electrons. The summed E-state index contributed by atoms with van der Waals surface area (Å²) in [6.07, 6.45) is 1.64. The summed E-state index contributed by atoms with van der Waals surface area (Å²) in [5.41, 5.74) is 7.30.